The Bertz CT molecular complexity index is 492. The fourth-order valence-corrected chi connectivity index (χ4v) is 2.71. The number of amides is 1. The Hall–Kier alpha value is -1.73. The number of hydrogen-bond donors (Lipinski definition) is 0. The third-order valence-electron chi connectivity index (χ3n) is 3.97. The number of aromatic nitrogens is 2. The lowest BCUT2D eigenvalue weighted by Gasteiger charge is -2.18. The Kier molecular flexibility index (Phi) is 5.68. The highest BCUT2D eigenvalue weighted by atomic mass is 16.5. The lowest BCUT2D eigenvalue weighted by Crippen LogP contribution is -2.29. The van der Waals surface area contributed by atoms with Crippen LogP contribution in [-0.4, -0.2) is 73.2 Å². The summed E-state index contributed by atoms with van der Waals surface area (Å²) in [6, 6.07) is 0.370. The Morgan fingerprint density at radius 3 is 2.55 bits per heavy atom. The van der Waals surface area contributed by atoms with Crippen molar-refractivity contribution in [1.82, 2.24) is 19.8 Å². The van der Waals surface area contributed by atoms with Crippen LogP contribution in [0.25, 0.3) is 0 Å². The second-order valence-electron chi connectivity index (χ2n) is 5.80. The van der Waals surface area contributed by atoms with Crippen LogP contribution in [0.4, 0.5) is 0 Å². The molecule has 1 fully saturated rings. The number of carbonyl (C=O) groups excluding carboxylic acids is 1. The first-order valence-electron chi connectivity index (χ1n) is 7.33. The molecule has 0 spiro atoms. The Balaban J connectivity index is 1.94. The molecule has 0 aromatic carbocycles. The first kappa shape index (κ1) is 16.6. The highest BCUT2D eigenvalue weighted by molar-refractivity contribution is 5.75. The number of nitrogens with zero attached hydrogens (tertiary/aromatic N) is 4. The van der Waals surface area contributed by atoms with Crippen LogP contribution in [0.1, 0.15) is 12.0 Å². The molecule has 22 heavy (non-hydrogen) atoms. The summed E-state index contributed by atoms with van der Waals surface area (Å²) in [4.78, 5) is 24.1. The third-order valence-corrected chi connectivity index (χ3v) is 3.97. The second-order valence-corrected chi connectivity index (χ2v) is 5.80. The van der Waals surface area contributed by atoms with Crippen molar-refractivity contribution in [2.24, 2.45) is 5.92 Å². The maximum atomic E-state index is 11.9. The molecule has 2 heterocycles. The molecule has 1 aromatic heterocycles. The van der Waals surface area contributed by atoms with Crippen molar-refractivity contribution in [1.29, 1.82) is 0 Å². The molecule has 1 aliphatic rings. The van der Waals surface area contributed by atoms with Gasteiger partial charge in [0.15, 0.2) is 0 Å². The van der Waals surface area contributed by atoms with Crippen LogP contribution in [0.3, 0.4) is 0 Å². The molecule has 7 nitrogen and oxygen atoms in total. The van der Waals surface area contributed by atoms with Crippen LogP contribution in [-0.2, 0) is 16.1 Å². The van der Waals surface area contributed by atoms with E-state index in [9.17, 15) is 4.79 Å². The van der Waals surface area contributed by atoms with Crippen molar-refractivity contribution in [2.75, 3.05) is 41.4 Å². The minimum absolute atomic E-state index is 0.0862. The van der Waals surface area contributed by atoms with E-state index in [1.54, 1.807) is 45.6 Å². The molecule has 1 amide bonds. The van der Waals surface area contributed by atoms with Crippen molar-refractivity contribution in [3.05, 3.63) is 18.0 Å². The fourth-order valence-electron chi connectivity index (χ4n) is 2.71. The highest BCUT2D eigenvalue weighted by Gasteiger charge is 2.34. The number of hydrogen-bond acceptors (Lipinski definition) is 6. The van der Waals surface area contributed by atoms with E-state index in [1.807, 2.05) is 0 Å². The van der Waals surface area contributed by atoms with E-state index in [-0.39, 0.29) is 17.9 Å². The molecule has 1 aliphatic heterocycles. The van der Waals surface area contributed by atoms with Crippen molar-refractivity contribution in [3.8, 4) is 6.01 Å². The van der Waals surface area contributed by atoms with Gasteiger partial charge in [-0.05, 0) is 0 Å². The van der Waals surface area contributed by atoms with Crippen LogP contribution < -0.4 is 4.74 Å². The zero-order valence-corrected chi connectivity index (χ0v) is 13.7. The minimum Gasteiger partial charge on any atom is -0.467 e. The summed E-state index contributed by atoms with van der Waals surface area (Å²) in [6.45, 7) is 2.40. The molecule has 2 rings (SSSR count). The van der Waals surface area contributed by atoms with Gasteiger partial charge in [0.1, 0.15) is 0 Å². The molecule has 0 bridgehead atoms. The second kappa shape index (κ2) is 7.51. The van der Waals surface area contributed by atoms with Gasteiger partial charge in [0.05, 0.1) is 13.2 Å². The molecular weight excluding hydrogens is 284 g/mol. The van der Waals surface area contributed by atoms with E-state index in [4.69, 9.17) is 9.47 Å². The summed E-state index contributed by atoms with van der Waals surface area (Å²) in [5.41, 5.74) is 1.02. The standard InChI is InChI=1S/C15H24N4O3/c1-18(2)14(20)5-12-9-19(10-13(12)21-3)8-11-6-16-15(22-4)17-7-11/h6-7,12-13H,5,8-10H2,1-4H3/t12-,13-/m0/s1. The average Bonchev–Trinajstić information content (AvgIpc) is 2.89. The number of rotatable bonds is 6. The lowest BCUT2D eigenvalue weighted by molar-refractivity contribution is -0.130. The van der Waals surface area contributed by atoms with E-state index >= 15 is 0 Å². The quantitative estimate of drug-likeness (QED) is 0.758. The zero-order valence-electron chi connectivity index (χ0n) is 13.7. The lowest BCUT2D eigenvalue weighted by atomic mass is 10.0. The molecule has 7 heteroatoms. The van der Waals surface area contributed by atoms with Crippen LogP contribution in [0.5, 0.6) is 6.01 Å². The molecular formula is C15H24N4O3. The summed E-state index contributed by atoms with van der Waals surface area (Å²) >= 11 is 0. The SMILES string of the molecule is COc1ncc(CN2C[C@H](CC(=O)N(C)C)[C@@H](OC)C2)cn1. The summed E-state index contributed by atoms with van der Waals surface area (Å²) in [5.74, 6) is 0.362. The number of likely N-dealkylation sites (tertiary alicyclic amines) is 1. The van der Waals surface area contributed by atoms with Gasteiger partial charge >= 0.3 is 6.01 Å². The first-order valence-corrected chi connectivity index (χ1v) is 7.33. The summed E-state index contributed by atoms with van der Waals surface area (Å²) < 4.78 is 10.5. The maximum Gasteiger partial charge on any atom is 0.316 e. The van der Waals surface area contributed by atoms with Crippen LogP contribution >= 0.6 is 0 Å². The fraction of sp³-hybridized carbons (Fsp3) is 0.667. The van der Waals surface area contributed by atoms with Crippen molar-refractivity contribution < 1.29 is 14.3 Å². The zero-order chi connectivity index (χ0) is 16.1. The Labute approximate surface area is 131 Å². The minimum atomic E-state index is 0.0862. The van der Waals surface area contributed by atoms with Gasteiger partial charge in [0.2, 0.25) is 5.91 Å². The third kappa shape index (κ3) is 4.14. The number of carbonyl (C=O) groups is 1. The molecule has 1 saturated heterocycles. The van der Waals surface area contributed by atoms with Crippen LogP contribution in [0, 0.1) is 5.92 Å². The summed E-state index contributed by atoms with van der Waals surface area (Å²) in [5, 5.41) is 0. The first-order chi connectivity index (χ1) is 10.5. The Morgan fingerprint density at radius 1 is 1.32 bits per heavy atom. The van der Waals surface area contributed by atoms with Gasteiger partial charge in [0, 0.05) is 71.1 Å². The molecule has 122 valence electrons. The van der Waals surface area contributed by atoms with Gasteiger partial charge in [-0.1, -0.05) is 0 Å². The molecule has 1 aromatic rings. The Morgan fingerprint density at radius 2 is 2.00 bits per heavy atom. The van der Waals surface area contributed by atoms with E-state index < -0.39 is 0 Å². The van der Waals surface area contributed by atoms with Crippen molar-refractivity contribution in [2.45, 2.75) is 19.1 Å². The topological polar surface area (TPSA) is 67.8 Å². The maximum absolute atomic E-state index is 11.9. The van der Waals surface area contributed by atoms with Gasteiger partial charge in [-0.15, -0.1) is 0 Å². The van der Waals surface area contributed by atoms with Gasteiger partial charge in [0.25, 0.3) is 0 Å². The predicted molar refractivity (Wildman–Crippen MR) is 81.5 cm³/mol. The van der Waals surface area contributed by atoms with Crippen molar-refractivity contribution >= 4 is 5.91 Å². The van der Waals surface area contributed by atoms with E-state index in [1.165, 1.54) is 0 Å². The van der Waals surface area contributed by atoms with Crippen LogP contribution in [0.2, 0.25) is 0 Å². The summed E-state index contributed by atoms with van der Waals surface area (Å²) in [6.07, 6.45) is 4.14. The molecule has 0 unspecified atom stereocenters. The highest BCUT2D eigenvalue weighted by Crippen LogP contribution is 2.24. The molecule has 0 radical (unpaired) electrons. The van der Waals surface area contributed by atoms with Gasteiger partial charge in [-0.25, -0.2) is 9.97 Å². The van der Waals surface area contributed by atoms with E-state index in [0.29, 0.717) is 12.4 Å². The smallest absolute Gasteiger partial charge is 0.316 e. The van der Waals surface area contributed by atoms with Gasteiger partial charge in [-0.2, -0.15) is 0 Å². The van der Waals surface area contributed by atoms with Crippen molar-refractivity contribution in [3.63, 3.8) is 0 Å². The predicted octanol–water partition coefficient (Wildman–Crippen LogP) is 0.410. The van der Waals surface area contributed by atoms with E-state index in [2.05, 4.69) is 14.9 Å². The van der Waals surface area contributed by atoms with Crippen LogP contribution in [0.15, 0.2) is 12.4 Å². The van der Waals surface area contributed by atoms with E-state index in [0.717, 1.165) is 25.2 Å². The normalized spacial score (nSPS) is 21.8. The molecule has 0 saturated carbocycles. The monoisotopic (exact) mass is 308 g/mol. The number of ether oxygens (including phenoxy) is 2. The van der Waals surface area contributed by atoms with Gasteiger partial charge in [-0.3, -0.25) is 9.69 Å². The summed E-state index contributed by atoms with van der Waals surface area (Å²) in [7, 11) is 6.82. The molecule has 0 aliphatic carbocycles. The number of methoxy groups -OCH3 is 2. The molecule has 0 N–H and O–H groups in total. The van der Waals surface area contributed by atoms with Gasteiger partial charge < -0.3 is 14.4 Å². The molecule has 2 atom stereocenters. The average molecular weight is 308 g/mol. The largest absolute Gasteiger partial charge is 0.467 e.